The van der Waals surface area contributed by atoms with E-state index < -0.39 is 235 Å². The number of aromatic amines is 2. The lowest BCUT2D eigenvalue weighted by Gasteiger charge is -2.28. The van der Waals surface area contributed by atoms with E-state index in [1.807, 2.05) is 0 Å². The largest absolute Gasteiger partial charge is 0.508 e. The molecule has 0 aliphatic rings. The minimum Gasteiger partial charge on any atom is -0.508 e. The van der Waals surface area contributed by atoms with Gasteiger partial charge in [0.2, 0.25) is 88.6 Å². The summed E-state index contributed by atoms with van der Waals surface area (Å²) < 4.78 is 0. The summed E-state index contributed by atoms with van der Waals surface area (Å²) in [7, 11) is 0. The number of phenolic OH excluding ortho intramolecular Hbond substituents is 1. The van der Waals surface area contributed by atoms with Crippen LogP contribution in [0.1, 0.15) is 134 Å². The van der Waals surface area contributed by atoms with E-state index in [0.29, 0.717) is 70.7 Å². The van der Waals surface area contributed by atoms with Gasteiger partial charge in [0, 0.05) is 77.8 Å². The highest BCUT2D eigenvalue weighted by atomic mass is 32.1. The number of carbonyl (C=O) groups excluding carboxylic acids is 15. The van der Waals surface area contributed by atoms with E-state index in [1.165, 1.54) is 24.3 Å². The zero-order valence-electron chi connectivity index (χ0n) is 69.8. The molecular formula is C81H119N21O21S2. The monoisotopic (exact) mass is 1790 g/mol. The number of nitrogens with two attached hydrogens (primary N) is 6. The average Bonchev–Trinajstić information content (AvgIpc) is 1.76. The number of hydrogen-bond acceptors (Lipinski definition) is 25. The number of para-hydroxylation sites is 2. The number of hydrogen-bond donors (Lipinski definition) is 27. The standard InChI is InChI=1S/C81H119N21O21S2/c1-42(2)32-57(74(115)92-54(20-10-13-31-84)72(113)100-62(40-124)78(119)99-61(36-67(108)109)77(118)93-53(19-9-12-30-83)71(112)95-56(81(122)123)26-28-65(87)106)91-66(107)39-90-70(111)59(34-45-37-88-51-17-6-4-14-48(45)51)97-73(114)55(25-27-64(86)105)94-80(121)68(43(3)103)102-79(120)63(41-125)101-76(117)60(35-46-38-89-52-18-7-5-15-49(46)52)98-75(116)58(33-44-21-23-47(104)24-22-44)96-69(110)50(85)16-8-11-29-82/h4-7,14-15,17-18,21-24,37-38,42-43,50,53-63,68,88-89,103-104,124-125H,8-13,16,19-20,25-36,39-41,82-85H2,1-3H3,(H2,86,105)(H2,87,106)(H,90,111)(H,91,107)(H,92,115)(H,93,118)(H,94,121)(H,95,112)(H,96,110)(H,97,114)(H,98,116)(H,99,119)(H,100,113)(H,101,117)(H,102,120)(H,108,109)(H,122,123)/t43-,50+,53+,54+,55+,56+,57+,58+,59+,60+,61+,62+,63+,68+/m1/s1. The Morgan fingerprint density at radius 1 is 0.408 bits per heavy atom. The van der Waals surface area contributed by atoms with Crippen LogP contribution in [0.15, 0.2) is 85.2 Å². The van der Waals surface area contributed by atoms with Crippen LogP contribution in [0.4, 0.5) is 0 Å². The van der Waals surface area contributed by atoms with Gasteiger partial charge in [0.15, 0.2) is 0 Å². The normalized spacial score (nSPS) is 14.6. The van der Waals surface area contributed by atoms with Crippen molar-refractivity contribution in [1.82, 2.24) is 79.1 Å². The number of aliphatic carboxylic acids is 2. The number of rotatable bonds is 58. The first-order valence-electron chi connectivity index (χ1n) is 41.0. The molecule has 44 heteroatoms. The molecule has 31 N–H and O–H groups in total. The van der Waals surface area contributed by atoms with E-state index in [9.17, 15) is 102 Å². The number of unbranched alkanes of at least 4 members (excludes halogenated alkanes) is 3. The number of aliphatic hydroxyl groups is 1. The Labute approximate surface area is 731 Å². The lowest BCUT2D eigenvalue weighted by molar-refractivity contribution is -0.143. The van der Waals surface area contributed by atoms with Crippen molar-refractivity contribution in [2.75, 3.05) is 37.7 Å². The molecule has 125 heavy (non-hydrogen) atoms. The minimum atomic E-state index is -1.95. The van der Waals surface area contributed by atoms with E-state index in [1.54, 1.807) is 74.8 Å². The van der Waals surface area contributed by atoms with Crippen LogP contribution >= 0.6 is 25.3 Å². The summed E-state index contributed by atoms with van der Waals surface area (Å²) >= 11 is 8.56. The van der Waals surface area contributed by atoms with E-state index in [-0.39, 0.29) is 82.5 Å². The highest BCUT2D eigenvalue weighted by Gasteiger charge is 2.39. The van der Waals surface area contributed by atoms with Crippen LogP contribution in [0.3, 0.4) is 0 Å². The third kappa shape index (κ3) is 35.3. The second-order valence-electron chi connectivity index (χ2n) is 30.6. The Bertz CT molecular complexity index is 4510. The van der Waals surface area contributed by atoms with Crippen LogP contribution in [-0.4, -0.2) is 253 Å². The van der Waals surface area contributed by atoms with Crippen molar-refractivity contribution in [2.45, 2.75) is 221 Å². The van der Waals surface area contributed by atoms with Crippen molar-refractivity contribution in [3.63, 3.8) is 0 Å². The van der Waals surface area contributed by atoms with Crippen LogP contribution in [0.25, 0.3) is 21.8 Å². The zero-order valence-corrected chi connectivity index (χ0v) is 71.6. The maximum atomic E-state index is 14.7. The van der Waals surface area contributed by atoms with Crippen LogP contribution in [0.5, 0.6) is 5.75 Å². The molecule has 15 amide bonds. The number of primary amides is 2. The van der Waals surface area contributed by atoms with E-state index >= 15 is 0 Å². The summed E-state index contributed by atoms with van der Waals surface area (Å²) in [6, 6.07) is -0.781. The van der Waals surface area contributed by atoms with Gasteiger partial charge >= 0.3 is 11.9 Å². The molecule has 0 fully saturated rings. The van der Waals surface area contributed by atoms with Crippen molar-refractivity contribution in [3.05, 3.63) is 102 Å². The molecular weight excluding hydrogens is 1670 g/mol. The molecule has 3 aromatic carbocycles. The average molecular weight is 1790 g/mol. The summed E-state index contributed by atoms with van der Waals surface area (Å²) in [4.78, 5) is 239. The number of aromatic nitrogens is 2. The number of amides is 15. The molecule has 0 saturated heterocycles. The van der Waals surface area contributed by atoms with Crippen molar-refractivity contribution in [2.24, 2.45) is 40.3 Å². The Balaban J connectivity index is 1.34. The van der Waals surface area contributed by atoms with Gasteiger partial charge in [-0.25, -0.2) is 4.79 Å². The Morgan fingerprint density at radius 3 is 1.24 bits per heavy atom. The number of aliphatic hydroxyl groups excluding tert-OH is 1. The van der Waals surface area contributed by atoms with Gasteiger partial charge in [0.05, 0.1) is 25.1 Å². The fourth-order valence-electron chi connectivity index (χ4n) is 13.2. The summed E-state index contributed by atoms with van der Waals surface area (Å²) in [5.41, 5.74) is 36.8. The van der Waals surface area contributed by atoms with Gasteiger partial charge in [0.1, 0.15) is 78.3 Å². The molecule has 14 atom stereocenters. The maximum absolute atomic E-state index is 14.7. The molecule has 0 radical (unpaired) electrons. The third-order valence-electron chi connectivity index (χ3n) is 20.0. The smallest absolute Gasteiger partial charge is 0.326 e. The fraction of sp³-hybridized carbons (Fsp3) is 0.519. The highest BCUT2D eigenvalue weighted by molar-refractivity contribution is 7.80. The highest BCUT2D eigenvalue weighted by Crippen LogP contribution is 2.23. The molecule has 2 heterocycles. The topological polar surface area (TPSA) is 715 Å². The van der Waals surface area contributed by atoms with E-state index in [0.717, 1.165) is 6.92 Å². The molecule has 0 unspecified atom stereocenters. The second-order valence-corrected chi connectivity index (χ2v) is 31.3. The van der Waals surface area contributed by atoms with E-state index in [4.69, 9.17) is 34.4 Å². The van der Waals surface area contributed by atoms with Crippen molar-refractivity contribution < 1.29 is 102 Å². The molecule has 0 aliphatic heterocycles. The summed E-state index contributed by atoms with van der Waals surface area (Å²) in [6.07, 6.45) is -0.221. The Kier molecular flexibility index (Phi) is 44.1. The van der Waals surface area contributed by atoms with Crippen LogP contribution < -0.4 is 104 Å². The number of H-pyrrole nitrogens is 2. The van der Waals surface area contributed by atoms with E-state index in [2.05, 4.69) is 104 Å². The maximum Gasteiger partial charge on any atom is 0.326 e. The van der Waals surface area contributed by atoms with Crippen molar-refractivity contribution in [1.29, 1.82) is 0 Å². The van der Waals surface area contributed by atoms with Gasteiger partial charge in [-0.15, -0.1) is 0 Å². The number of fused-ring (bicyclic) bond motifs is 2. The molecule has 2 aromatic heterocycles. The molecule has 5 aromatic rings. The first kappa shape index (κ1) is 104. The number of carboxylic acids is 2. The van der Waals surface area contributed by atoms with Gasteiger partial charge in [-0.1, -0.05) is 68.8 Å². The third-order valence-corrected chi connectivity index (χ3v) is 20.8. The number of nitrogens with one attached hydrogen (secondary N) is 15. The van der Waals surface area contributed by atoms with Crippen molar-refractivity contribution in [3.8, 4) is 5.75 Å². The minimum absolute atomic E-state index is 0.0719. The van der Waals surface area contributed by atoms with Crippen LogP contribution in [-0.2, 0) is 101 Å². The van der Waals surface area contributed by atoms with Crippen molar-refractivity contribution >= 4 is 148 Å². The van der Waals surface area contributed by atoms with Gasteiger partial charge in [0.25, 0.3) is 0 Å². The van der Waals surface area contributed by atoms with Gasteiger partial charge in [-0.2, -0.15) is 25.3 Å². The molecule has 0 bridgehead atoms. The summed E-state index contributed by atoms with van der Waals surface area (Å²) in [5.74, 6) is -19.6. The van der Waals surface area contributed by atoms with Gasteiger partial charge in [-0.3, -0.25) is 76.7 Å². The number of carbonyl (C=O) groups is 17. The molecule has 0 spiro atoms. The van der Waals surface area contributed by atoms with Gasteiger partial charge < -0.3 is 134 Å². The Hall–Kier alpha value is -12.0. The number of thiol groups is 2. The number of phenols is 1. The van der Waals surface area contributed by atoms with Gasteiger partial charge in [-0.05, 0) is 144 Å². The Morgan fingerprint density at radius 2 is 0.784 bits per heavy atom. The fourth-order valence-corrected chi connectivity index (χ4v) is 13.7. The molecule has 42 nitrogen and oxygen atoms in total. The second kappa shape index (κ2) is 53.3. The number of benzene rings is 3. The molecule has 5 rings (SSSR count). The lowest BCUT2D eigenvalue weighted by atomic mass is 10.0. The predicted molar refractivity (Wildman–Crippen MR) is 464 cm³/mol. The predicted octanol–water partition coefficient (Wildman–Crippen LogP) is -4.59. The lowest BCUT2D eigenvalue weighted by Crippen LogP contribution is -2.62. The molecule has 0 saturated carbocycles. The quantitative estimate of drug-likeness (QED) is 0.0129. The SMILES string of the molecule is CC(C)C[C@H](NC(=O)CNC(=O)[C@H](Cc1c[nH]c2ccccc12)NC(=O)[C@H](CCC(N)=O)NC(=O)[C@@H](NC(=O)[C@H](CS)NC(=O)[C@H](Cc1c[nH]c2ccccc12)NC(=O)[C@H](Cc1ccc(O)cc1)NC(=O)[C@@H](N)CCCCN)[C@@H](C)O)C(=O)N[C@@H](CCCCN)C(=O)N[C@@H](CS)C(=O)N[C@@H](CC(=O)O)C(=O)N[C@@H](CCCCN)C(=O)N[C@@H](CCC(N)=O)C(=O)O. The first-order valence-corrected chi connectivity index (χ1v) is 42.2. The van der Waals surface area contributed by atoms with Crippen LogP contribution in [0.2, 0.25) is 0 Å². The number of aromatic hydroxyl groups is 1. The summed E-state index contributed by atoms with van der Waals surface area (Å²) in [5, 5.41) is 74.3. The molecule has 686 valence electrons. The number of carboxylic acid groups (broad SMARTS) is 2. The molecule has 0 aliphatic carbocycles. The summed E-state index contributed by atoms with van der Waals surface area (Å²) in [6.45, 7) is 4.31. The van der Waals surface area contributed by atoms with Crippen LogP contribution in [0, 0.1) is 5.92 Å². The zero-order chi connectivity index (χ0) is 92.6. The first-order chi connectivity index (χ1) is 59.4.